The Morgan fingerprint density at radius 2 is 2.20 bits per heavy atom. The second-order valence-electron chi connectivity index (χ2n) is 3.77. The Morgan fingerprint density at radius 3 is 2.80 bits per heavy atom. The van der Waals surface area contributed by atoms with Crippen LogP contribution in [0.4, 0.5) is 8.78 Å². The zero-order valence-electron chi connectivity index (χ0n) is 8.12. The van der Waals surface area contributed by atoms with Crippen LogP contribution in [0.2, 0.25) is 0 Å². The first kappa shape index (κ1) is 10.5. The predicted molar refractivity (Wildman–Crippen MR) is 50.2 cm³/mol. The normalized spacial score (nSPS) is 25.8. The fourth-order valence-electron chi connectivity index (χ4n) is 1.80. The number of ether oxygens (including phenoxy) is 1. The SMILES string of the molecule is OC[C@@H]1COC(c2ccc(F)cc2F)C1. The molecule has 0 aromatic heterocycles. The highest BCUT2D eigenvalue weighted by Crippen LogP contribution is 2.33. The number of halogens is 2. The van der Waals surface area contributed by atoms with E-state index in [9.17, 15) is 8.78 Å². The van der Waals surface area contributed by atoms with E-state index in [0.717, 1.165) is 6.07 Å². The van der Waals surface area contributed by atoms with E-state index in [-0.39, 0.29) is 18.6 Å². The molecule has 2 rings (SSSR count). The van der Waals surface area contributed by atoms with E-state index in [1.54, 1.807) is 0 Å². The molecule has 0 spiro atoms. The van der Waals surface area contributed by atoms with Crippen LogP contribution in [0, 0.1) is 17.6 Å². The van der Waals surface area contributed by atoms with E-state index in [2.05, 4.69) is 0 Å². The molecule has 2 nitrogen and oxygen atoms in total. The van der Waals surface area contributed by atoms with Gasteiger partial charge in [-0.15, -0.1) is 0 Å². The van der Waals surface area contributed by atoms with Crippen LogP contribution >= 0.6 is 0 Å². The van der Waals surface area contributed by atoms with Crippen molar-refractivity contribution in [1.82, 2.24) is 0 Å². The average Bonchev–Trinajstić information content (AvgIpc) is 2.66. The maximum absolute atomic E-state index is 13.4. The van der Waals surface area contributed by atoms with Gasteiger partial charge in [0.2, 0.25) is 0 Å². The van der Waals surface area contributed by atoms with Gasteiger partial charge in [-0.3, -0.25) is 0 Å². The molecule has 1 aliphatic rings. The van der Waals surface area contributed by atoms with Crippen LogP contribution in [0.25, 0.3) is 0 Å². The number of rotatable bonds is 2. The second kappa shape index (κ2) is 4.24. The van der Waals surface area contributed by atoms with Crippen LogP contribution in [-0.2, 0) is 4.74 Å². The number of aliphatic hydroxyl groups excluding tert-OH is 1. The monoisotopic (exact) mass is 214 g/mol. The maximum atomic E-state index is 13.4. The molecule has 0 aliphatic carbocycles. The molecule has 0 amide bonds. The van der Waals surface area contributed by atoms with Crippen molar-refractivity contribution in [2.75, 3.05) is 13.2 Å². The summed E-state index contributed by atoms with van der Waals surface area (Å²) in [6.45, 7) is 0.470. The summed E-state index contributed by atoms with van der Waals surface area (Å²) in [4.78, 5) is 0. The van der Waals surface area contributed by atoms with Gasteiger partial charge < -0.3 is 9.84 Å². The molecule has 0 bridgehead atoms. The third-order valence-corrected chi connectivity index (χ3v) is 2.65. The first-order valence-electron chi connectivity index (χ1n) is 4.88. The van der Waals surface area contributed by atoms with Crippen molar-refractivity contribution in [2.45, 2.75) is 12.5 Å². The summed E-state index contributed by atoms with van der Waals surface area (Å²) >= 11 is 0. The van der Waals surface area contributed by atoms with Crippen LogP contribution in [-0.4, -0.2) is 18.3 Å². The van der Waals surface area contributed by atoms with Crippen molar-refractivity contribution in [3.05, 3.63) is 35.4 Å². The second-order valence-corrected chi connectivity index (χ2v) is 3.77. The Kier molecular flexibility index (Phi) is 2.98. The molecule has 1 aromatic carbocycles. The minimum atomic E-state index is -0.590. The molecule has 2 atom stereocenters. The van der Waals surface area contributed by atoms with Crippen LogP contribution in [0.5, 0.6) is 0 Å². The lowest BCUT2D eigenvalue weighted by Crippen LogP contribution is -2.04. The number of hydrogen-bond acceptors (Lipinski definition) is 2. The van der Waals surface area contributed by atoms with Crippen molar-refractivity contribution in [1.29, 1.82) is 0 Å². The molecule has 4 heteroatoms. The highest BCUT2D eigenvalue weighted by Gasteiger charge is 2.28. The van der Waals surface area contributed by atoms with Gasteiger partial charge in [0.1, 0.15) is 11.6 Å². The Bertz CT molecular complexity index is 354. The van der Waals surface area contributed by atoms with Gasteiger partial charge >= 0.3 is 0 Å². The largest absolute Gasteiger partial charge is 0.396 e. The minimum Gasteiger partial charge on any atom is -0.396 e. The Balaban J connectivity index is 2.17. The van der Waals surface area contributed by atoms with Gasteiger partial charge in [0.15, 0.2) is 0 Å². The lowest BCUT2D eigenvalue weighted by atomic mass is 10.0. The fourth-order valence-corrected chi connectivity index (χ4v) is 1.80. The van der Waals surface area contributed by atoms with E-state index < -0.39 is 11.6 Å². The maximum Gasteiger partial charge on any atom is 0.131 e. The first-order valence-corrected chi connectivity index (χ1v) is 4.88. The molecular weight excluding hydrogens is 202 g/mol. The molecule has 1 heterocycles. The summed E-state index contributed by atoms with van der Waals surface area (Å²) < 4.78 is 31.3. The van der Waals surface area contributed by atoms with E-state index >= 15 is 0 Å². The molecule has 0 radical (unpaired) electrons. The van der Waals surface area contributed by atoms with Crippen molar-refractivity contribution >= 4 is 0 Å². The number of hydrogen-bond donors (Lipinski definition) is 1. The van der Waals surface area contributed by atoms with Crippen LogP contribution in [0.15, 0.2) is 18.2 Å². The van der Waals surface area contributed by atoms with Crippen molar-refractivity contribution in [3.8, 4) is 0 Å². The summed E-state index contributed by atoms with van der Waals surface area (Å²) in [7, 11) is 0. The van der Waals surface area contributed by atoms with Gasteiger partial charge in [-0.25, -0.2) is 8.78 Å². The third-order valence-electron chi connectivity index (χ3n) is 2.65. The molecule has 1 aromatic rings. The lowest BCUT2D eigenvalue weighted by Gasteiger charge is -2.10. The highest BCUT2D eigenvalue weighted by molar-refractivity contribution is 5.21. The van der Waals surface area contributed by atoms with E-state index in [0.29, 0.717) is 18.6 Å². The quantitative estimate of drug-likeness (QED) is 0.816. The molecule has 1 saturated heterocycles. The Hall–Kier alpha value is -1.00. The molecule has 1 N–H and O–H groups in total. The average molecular weight is 214 g/mol. The minimum absolute atomic E-state index is 0.0410. The molecule has 82 valence electrons. The molecular formula is C11H12F2O2. The van der Waals surface area contributed by atoms with Gasteiger partial charge in [-0.1, -0.05) is 6.07 Å². The summed E-state index contributed by atoms with van der Waals surface area (Å²) in [6, 6.07) is 3.47. The Morgan fingerprint density at radius 1 is 1.40 bits per heavy atom. The van der Waals surface area contributed by atoms with E-state index in [4.69, 9.17) is 9.84 Å². The third kappa shape index (κ3) is 2.16. The molecule has 1 fully saturated rings. The zero-order chi connectivity index (χ0) is 10.8. The molecule has 15 heavy (non-hydrogen) atoms. The van der Waals surface area contributed by atoms with Gasteiger partial charge in [0, 0.05) is 24.2 Å². The Labute approximate surface area is 86.5 Å². The standard InChI is InChI=1S/C11H12F2O2/c12-8-1-2-9(10(13)4-8)11-3-7(5-14)6-15-11/h1-2,4,7,11,14H,3,5-6H2/t7-,11?/m1/s1. The summed E-state index contributed by atoms with van der Waals surface area (Å²) in [5, 5.41) is 8.91. The molecule has 1 unspecified atom stereocenters. The van der Waals surface area contributed by atoms with Crippen LogP contribution < -0.4 is 0 Å². The van der Waals surface area contributed by atoms with Crippen molar-refractivity contribution in [2.24, 2.45) is 5.92 Å². The number of benzene rings is 1. The van der Waals surface area contributed by atoms with Gasteiger partial charge in [0.05, 0.1) is 12.7 Å². The summed E-state index contributed by atoms with van der Waals surface area (Å²) in [5.41, 5.74) is 0.368. The van der Waals surface area contributed by atoms with Gasteiger partial charge in [0.25, 0.3) is 0 Å². The summed E-state index contributed by atoms with van der Waals surface area (Å²) in [6.07, 6.45) is 0.224. The molecule has 1 aliphatic heterocycles. The summed E-state index contributed by atoms with van der Waals surface area (Å²) in [5.74, 6) is -1.12. The van der Waals surface area contributed by atoms with Crippen molar-refractivity contribution in [3.63, 3.8) is 0 Å². The van der Waals surface area contributed by atoms with E-state index in [1.807, 2.05) is 0 Å². The topological polar surface area (TPSA) is 29.5 Å². The predicted octanol–water partition coefficient (Wildman–Crippen LogP) is 2.03. The smallest absolute Gasteiger partial charge is 0.131 e. The zero-order valence-corrected chi connectivity index (χ0v) is 8.12. The molecule has 0 saturated carbocycles. The highest BCUT2D eigenvalue weighted by atomic mass is 19.1. The number of aliphatic hydroxyl groups is 1. The van der Waals surface area contributed by atoms with Gasteiger partial charge in [-0.2, -0.15) is 0 Å². The van der Waals surface area contributed by atoms with Crippen molar-refractivity contribution < 1.29 is 18.6 Å². The first-order chi connectivity index (χ1) is 7.20. The lowest BCUT2D eigenvalue weighted by molar-refractivity contribution is 0.0990. The van der Waals surface area contributed by atoms with E-state index in [1.165, 1.54) is 12.1 Å². The van der Waals surface area contributed by atoms with Crippen LogP contribution in [0.3, 0.4) is 0 Å². The fraction of sp³-hybridized carbons (Fsp3) is 0.455. The van der Waals surface area contributed by atoms with Gasteiger partial charge in [-0.05, 0) is 12.5 Å². The van der Waals surface area contributed by atoms with Crippen LogP contribution in [0.1, 0.15) is 18.1 Å².